The predicted molar refractivity (Wildman–Crippen MR) is 222 cm³/mol. The fraction of sp³-hybridized carbons (Fsp3) is 0.0200. The molecule has 0 aliphatic heterocycles. The van der Waals surface area contributed by atoms with Gasteiger partial charge in [-0.1, -0.05) is 164 Å². The molecular weight excluding hydrogens is 661 g/mol. The average Bonchev–Trinajstić information content (AvgIpc) is 3.80. The molecule has 53 heavy (non-hydrogen) atoms. The van der Waals surface area contributed by atoms with Crippen LogP contribution in [0.2, 0.25) is 0 Å². The monoisotopic (exact) mass is 694 g/mol. The summed E-state index contributed by atoms with van der Waals surface area (Å²) in [6.45, 7) is 0. The zero-order chi connectivity index (χ0) is 35.2. The van der Waals surface area contributed by atoms with Crippen molar-refractivity contribution >= 4 is 38.6 Å². The molecule has 0 saturated heterocycles. The summed E-state index contributed by atoms with van der Waals surface area (Å²) in [5.74, 6) is 0. The highest BCUT2D eigenvalue weighted by atomic mass is 32.1. The largest absolute Gasteiger partial charge is 0.310 e. The van der Waals surface area contributed by atoms with Crippen molar-refractivity contribution in [2.75, 3.05) is 4.90 Å². The predicted octanol–water partition coefficient (Wildman–Crippen LogP) is 13.5. The molecule has 1 aromatic heterocycles. The van der Waals surface area contributed by atoms with Crippen molar-refractivity contribution in [2.24, 2.45) is 0 Å². The average molecular weight is 695 g/mol. The molecule has 0 fully saturated rings. The Kier molecular flexibility index (Phi) is 7.59. The topological polar surface area (TPSA) is 16.1 Å². The second kappa shape index (κ2) is 12.9. The Labute approximate surface area is 313 Å². The lowest BCUT2D eigenvalue weighted by atomic mass is 9.67. The van der Waals surface area contributed by atoms with Gasteiger partial charge in [-0.3, -0.25) is 0 Å². The molecular formula is C50H34N2S. The van der Waals surface area contributed by atoms with Crippen LogP contribution in [0.5, 0.6) is 0 Å². The fourth-order valence-electron chi connectivity index (χ4n) is 8.21. The highest BCUT2D eigenvalue weighted by Crippen LogP contribution is 2.57. The molecule has 10 rings (SSSR count). The molecule has 1 heterocycles. The molecule has 0 saturated carbocycles. The van der Waals surface area contributed by atoms with Crippen LogP contribution in [-0.2, 0) is 5.41 Å². The summed E-state index contributed by atoms with van der Waals surface area (Å²) >= 11 is 1.74. The Balaban J connectivity index is 1.12. The van der Waals surface area contributed by atoms with E-state index in [1.807, 2.05) is 0 Å². The summed E-state index contributed by atoms with van der Waals surface area (Å²) in [7, 11) is 0. The zero-order valence-corrected chi connectivity index (χ0v) is 29.7. The fourth-order valence-corrected chi connectivity index (χ4v) is 9.16. The van der Waals surface area contributed by atoms with Crippen molar-refractivity contribution in [1.82, 2.24) is 4.98 Å². The molecule has 0 radical (unpaired) electrons. The minimum atomic E-state index is -0.476. The van der Waals surface area contributed by atoms with Gasteiger partial charge in [-0.15, -0.1) is 11.3 Å². The smallest absolute Gasteiger partial charge is 0.124 e. The Morgan fingerprint density at radius 1 is 0.396 bits per heavy atom. The third-order valence-electron chi connectivity index (χ3n) is 10.6. The molecule has 0 spiro atoms. The number of benzene rings is 8. The number of hydrogen-bond donors (Lipinski definition) is 0. The van der Waals surface area contributed by atoms with Gasteiger partial charge in [0.15, 0.2) is 0 Å². The molecule has 3 heteroatoms. The van der Waals surface area contributed by atoms with E-state index in [1.54, 1.807) is 11.3 Å². The van der Waals surface area contributed by atoms with Gasteiger partial charge in [-0.25, -0.2) is 4.98 Å². The first-order chi connectivity index (χ1) is 26.3. The Hall–Kier alpha value is -6.55. The van der Waals surface area contributed by atoms with E-state index in [2.05, 4.69) is 211 Å². The molecule has 0 N–H and O–H groups in total. The molecule has 8 aromatic carbocycles. The van der Waals surface area contributed by atoms with Crippen LogP contribution in [0, 0.1) is 0 Å². The molecule has 9 aromatic rings. The summed E-state index contributed by atoms with van der Waals surface area (Å²) in [6.07, 6.45) is 0. The van der Waals surface area contributed by atoms with Crippen LogP contribution in [0.25, 0.3) is 43.0 Å². The number of fused-ring (bicyclic) bond motifs is 4. The molecule has 1 aliphatic rings. The van der Waals surface area contributed by atoms with E-state index >= 15 is 0 Å². The quantitative estimate of drug-likeness (QED) is 0.165. The first-order valence-corrected chi connectivity index (χ1v) is 18.9. The molecule has 0 unspecified atom stereocenters. The van der Waals surface area contributed by atoms with Crippen molar-refractivity contribution in [2.45, 2.75) is 5.41 Å². The number of nitrogens with zero attached hydrogens (tertiary/aromatic N) is 2. The van der Waals surface area contributed by atoms with E-state index in [0.717, 1.165) is 33.1 Å². The van der Waals surface area contributed by atoms with E-state index in [0.29, 0.717) is 0 Å². The van der Waals surface area contributed by atoms with E-state index in [9.17, 15) is 0 Å². The second-order valence-corrected chi connectivity index (χ2v) is 14.6. The van der Waals surface area contributed by atoms with Crippen LogP contribution >= 0.6 is 11.3 Å². The number of rotatable bonds is 7. The van der Waals surface area contributed by atoms with Gasteiger partial charge in [0.25, 0.3) is 0 Å². The van der Waals surface area contributed by atoms with Gasteiger partial charge >= 0.3 is 0 Å². The minimum absolute atomic E-state index is 0.476. The van der Waals surface area contributed by atoms with Gasteiger partial charge in [0, 0.05) is 22.6 Å². The molecule has 0 amide bonds. The maximum atomic E-state index is 5.19. The summed E-state index contributed by atoms with van der Waals surface area (Å²) in [6, 6.07) is 74.6. The third-order valence-corrected chi connectivity index (χ3v) is 11.7. The van der Waals surface area contributed by atoms with Crippen LogP contribution in [0.3, 0.4) is 0 Å². The lowest BCUT2D eigenvalue weighted by molar-refractivity contribution is 0.768. The Bertz CT molecular complexity index is 2660. The van der Waals surface area contributed by atoms with Gasteiger partial charge in [0.1, 0.15) is 5.01 Å². The third kappa shape index (κ3) is 5.20. The van der Waals surface area contributed by atoms with Gasteiger partial charge in [0.05, 0.1) is 15.6 Å². The van der Waals surface area contributed by atoms with E-state index in [1.165, 1.54) is 49.2 Å². The van der Waals surface area contributed by atoms with E-state index in [-0.39, 0.29) is 0 Å². The SMILES string of the molecule is c1ccc(-c2ccc(-c3nc4cc(N(c5ccccc5)c5ccc6c(c5)C(c5ccccc5)(c5ccccc5)c5ccccc5-6)ccc4s3)cc2)cc1. The van der Waals surface area contributed by atoms with Crippen molar-refractivity contribution in [3.8, 4) is 32.8 Å². The maximum absolute atomic E-state index is 5.19. The first kappa shape index (κ1) is 31.2. The summed E-state index contributed by atoms with van der Waals surface area (Å²) < 4.78 is 1.17. The normalized spacial score (nSPS) is 12.7. The lowest BCUT2D eigenvalue weighted by Gasteiger charge is -2.35. The number of thiazole rings is 1. The lowest BCUT2D eigenvalue weighted by Crippen LogP contribution is -2.28. The van der Waals surface area contributed by atoms with Gasteiger partial charge in [0.2, 0.25) is 0 Å². The molecule has 0 atom stereocenters. The Morgan fingerprint density at radius 2 is 0.925 bits per heavy atom. The second-order valence-electron chi connectivity index (χ2n) is 13.5. The number of anilines is 3. The highest BCUT2D eigenvalue weighted by Gasteiger charge is 2.46. The van der Waals surface area contributed by atoms with Crippen molar-refractivity contribution in [3.05, 3.63) is 229 Å². The molecule has 2 nitrogen and oxygen atoms in total. The van der Waals surface area contributed by atoms with Gasteiger partial charge in [-0.05, 0) is 87.0 Å². The number of para-hydroxylation sites is 1. The van der Waals surface area contributed by atoms with Crippen LogP contribution in [0.4, 0.5) is 17.1 Å². The summed E-state index contributed by atoms with van der Waals surface area (Å²) in [5, 5.41) is 1.02. The molecule has 1 aliphatic carbocycles. The van der Waals surface area contributed by atoms with Crippen molar-refractivity contribution < 1.29 is 0 Å². The minimum Gasteiger partial charge on any atom is -0.310 e. The first-order valence-electron chi connectivity index (χ1n) is 18.0. The Morgan fingerprint density at radius 3 is 1.62 bits per heavy atom. The van der Waals surface area contributed by atoms with Crippen LogP contribution < -0.4 is 4.90 Å². The maximum Gasteiger partial charge on any atom is 0.124 e. The number of aromatic nitrogens is 1. The zero-order valence-electron chi connectivity index (χ0n) is 28.9. The van der Waals surface area contributed by atoms with E-state index < -0.39 is 5.41 Å². The number of hydrogen-bond acceptors (Lipinski definition) is 3. The highest BCUT2D eigenvalue weighted by molar-refractivity contribution is 7.21. The van der Waals surface area contributed by atoms with Crippen LogP contribution in [0.15, 0.2) is 206 Å². The van der Waals surface area contributed by atoms with Crippen molar-refractivity contribution in [1.29, 1.82) is 0 Å². The van der Waals surface area contributed by atoms with Gasteiger partial charge in [-0.2, -0.15) is 0 Å². The summed E-state index contributed by atoms with van der Waals surface area (Å²) in [5.41, 5.74) is 15.0. The van der Waals surface area contributed by atoms with E-state index in [4.69, 9.17) is 4.98 Å². The molecule has 0 bridgehead atoms. The van der Waals surface area contributed by atoms with Crippen LogP contribution in [0.1, 0.15) is 22.3 Å². The van der Waals surface area contributed by atoms with Crippen LogP contribution in [-0.4, -0.2) is 4.98 Å². The van der Waals surface area contributed by atoms with Crippen molar-refractivity contribution in [3.63, 3.8) is 0 Å². The molecule has 250 valence electrons. The summed E-state index contributed by atoms with van der Waals surface area (Å²) in [4.78, 5) is 7.57. The van der Waals surface area contributed by atoms with Gasteiger partial charge < -0.3 is 4.90 Å². The standard InChI is InChI=1S/C50H34N2S/c1-5-15-35(16-6-1)36-25-27-37(28-26-36)49-51-47-34-42(30-32-48(47)53-49)52(40-21-11-4-12-22-40)41-29-31-44-43-23-13-14-24-45(43)50(46(44)33-41,38-17-7-2-8-18-38)39-19-9-3-10-20-39/h1-34H.